The highest BCUT2D eigenvalue weighted by molar-refractivity contribution is 5.97. The molecule has 84 valence electrons. The van der Waals surface area contributed by atoms with E-state index in [1.807, 2.05) is 42.5 Å². The van der Waals surface area contributed by atoms with Crippen molar-refractivity contribution in [3.63, 3.8) is 0 Å². The summed E-state index contributed by atoms with van der Waals surface area (Å²) in [4.78, 5) is 12.1. The topological polar surface area (TPSA) is 38.3 Å². The summed E-state index contributed by atoms with van der Waals surface area (Å²) in [6, 6.07) is 9.43. The third-order valence-corrected chi connectivity index (χ3v) is 2.90. The van der Waals surface area contributed by atoms with E-state index in [-0.39, 0.29) is 5.91 Å². The van der Waals surface area contributed by atoms with Crippen LogP contribution in [0.1, 0.15) is 12.8 Å². The lowest BCUT2D eigenvalue weighted by atomic mass is 10.00. The lowest BCUT2D eigenvalue weighted by Crippen LogP contribution is -2.42. The first kappa shape index (κ1) is 10.9. The maximum absolute atomic E-state index is 12.1. The second-order valence-electron chi connectivity index (χ2n) is 3.90. The first-order chi connectivity index (χ1) is 7.77. The number of rotatable bonds is 3. The SMILES string of the molecule is COC1(C(=O)Nc2ccccc2)CC=CC1. The van der Waals surface area contributed by atoms with Crippen LogP contribution in [-0.2, 0) is 9.53 Å². The Kier molecular flexibility index (Phi) is 3.06. The number of para-hydroxylation sites is 1. The van der Waals surface area contributed by atoms with Crippen LogP contribution in [0.4, 0.5) is 5.69 Å². The van der Waals surface area contributed by atoms with E-state index in [2.05, 4.69) is 5.32 Å². The first-order valence-corrected chi connectivity index (χ1v) is 5.33. The quantitative estimate of drug-likeness (QED) is 0.789. The van der Waals surface area contributed by atoms with Gasteiger partial charge < -0.3 is 10.1 Å². The molecule has 1 aliphatic rings. The zero-order chi connectivity index (χ0) is 11.4. The highest BCUT2D eigenvalue weighted by Gasteiger charge is 2.38. The van der Waals surface area contributed by atoms with Crippen LogP contribution in [0, 0.1) is 0 Å². The Morgan fingerprint density at radius 1 is 1.25 bits per heavy atom. The van der Waals surface area contributed by atoms with Gasteiger partial charge in [-0.15, -0.1) is 0 Å². The molecule has 0 bridgehead atoms. The molecule has 3 heteroatoms. The van der Waals surface area contributed by atoms with E-state index in [0.29, 0.717) is 12.8 Å². The number of amides is 1. The molecule has 0 saturated carbocycles. The molecule has 1 aromatic carbocycles. The lowest BCUT2D eigenvalue weighted by molar-refractivity contribution is -0.136. The van der Waals surface area contributed by atoms with Gasteiger partial charge in [-0.1, -0.05) is 30.4 Å². The van der Waals surface area contributed by atoms with Gasteiger partial charge in [0.15, 0.2) is 5.60 Å². The van der Waals surface area contributed by atoms with Gasteiger partial charge in [0.2, 0.25) is 0 Å². The maximum Gasteiger partial charge on any atom is 0.257 e. The molecule has 2 rings (SSSR count). The van der Waals surface area contributed by atoms with E-state index in [1.165, 1.54) is 0 Å². The van der Waals surface area contributed by atoms with E-state index in [9.17, 15) is 4.79 Å². The van der Waals surface area contributed by atoms with Gasteiger partial charge in [-0.2, -0.15) is 0 Å². The summed E-state index contributed by atoms with van der Waals surface area (Å²) in [6.45, 7) is 0. The molecule has 0 atom stereocenters. The molecule has 0 fully saturated rings. The Hall–Kier alpha value is -1.61. The highest BCUT2D eigenvalue weighted by Crippen LogP contribution is 2.28. The number of hydrogen-bond donors (Lipinski definition) is 1. The molecule has 0 saturated heterocycles. The van der Waals surface area contributed by atoms with Crippen LogP contribution < -0.4 is 5.32 Å². The van der Waals surface area contributed by atoms with Crippen molar-refractivity contribution in [2.75, 3.05) is 12.4 Å². The smallest absolute Gasteiger partial charge is 0.257 e. The van der Waals surface area contributed by atoms with Crippen LogP contribution in [0.3, 0.4) is 0 Å². The molecular formula is C13H15NO2. The number of nitrogens with one attached hydrogen (secondary N) is 1. The summed E-state index contributed by atoms with van der Waals surface area (Å²) in [5.74, 6) is -0.0776. The van der Waals surface area contributed by atoms with Gasteiger partial charge in [0.25, 0.3) is 5.91 Å². The number of benzene rings is 1. The summed E-state index contributed by atoms with van der Waals surface area (Å²) >= 11 is 0. The minimum Gasteiger partial charge on any atom is -0.368 e. The molecule has 16 heavy (non-hydrogen) atoms. The molecule has 0 aromatic heterocycles. The normalized spacial score (nSPS) is 17.3. The van der Waals surface area contributed by atoms with Gasteiger partial charge in [0.1, 0.15) is 0 Å². The van der Waals surface area contributed by atoms with E-state index >= 15 is 0 Å². The number of hydrogen-bond acceptors (Lipinski definition) is 2. The largest absolute Gasteiger partial charge is 0.368 e. The lowest BCUT2D eigenvalue weighted by Gasteiger charge is -2.25. The third kappa shape index (κ3) is 1.99. The fraction of sp³-hybridized carbons (Fsp3) is 0.308. The monoisotopic (exact) mass is 217 g/mol. The van der Waals surface area contributed by atoms with Gasteiger partial charge in [0, 0.05) is 25.6 Å². The molecule has 1 aromatic rings. The van der Waals surface area contributed by atoms with Gasteiger partial charge in [-0.25, -0.2) is 0 Å². The predicted octanol–water partition coefficient (Wildman–Crippen LogP) is 2.36. The van der Waals surface area contributed by atoms with Crippen LogP contribution in [0.2, 0.25) is 0 Å². The van der Waals surface area contributed by atoms with Crippen LogP contribution in [0.25, 0.3) is 0 Å². The summed E-state index contributed by atoms with van der Waals surface area (Å²) in [6.07, 6.45) is 5.24. The van der Waals surface area contributed by atoms with Crippen molar-refractivity contribution in [2.24, 2.45) is 0 Å². The predicted molar refractivity (Wildman–Crippen MR) is 63.2 cm³/mol. The molecule has 1 aliphatic carbocycles. The minimum atomic E-state index is -0.712. The minimum absolute atomic E-state index is 0.0776. The van der Waals surface area contributed by atoms with E-state index in [0.717, 1.165) is 5.69 Å². The molecule has 0 radical (unpaired) electrons. The molecule has 0 heterocycles. The van der Waals surface area contributed by atoms with Crippen LogP contribution in [0.5, 0.6) is 0 Å². The van der Waals surface area contributed by atoms with Crippen molar-refractivity contribution in [3.8, 4) is 0 Å². The van der Waals surface area contributed by atoms with Gasteiger partial charge in [0.05, 0.1) is 0 Å². The molecule has 3 nitrogen and oxygen atoms in total. The fourth-order valence-corrected chi connectivity index (χ4v) is 1.84. The maximum atomic E-state index is 12.1. The van der Waals surface area contributed by atoms with Crippen molar-refractivity contribution in [2.45, 2.75) is 18.4 Å². The van der Waals surface area contributed by atoms with Crippen molar-refractivity contribution >= 4 is 11.6 Å². The van der Waals surface area contributed by atoms with E-state index < -0.39 is 5.60 Å². The molecule has 1 amide bonds. The Labute approximate surface area is 95.1 Å². The zero-order valence-corrected chi connectivity index (χ0v) is 9.27. The number of carbonyl (C=O) groups is 1. The molecular weight excluding hydrogens is 202 g/mol. The standard InChI is InChI=1S/C13H15NO2/c1-16-13(9-5-6-10-13)12(15)14-11-7-3-2-4-8-11/h2-8H,9-10H2,1H3,(H,14,15). The summed E-state index contributed by atoms with van der Waals surface area (Å²) in [7, 11) is 1.58. The Morgan fingerprint density at radius 2 is 1.88 bits per heavy atom. The van der Waals surface area contributed by atoms with Crippen molar-refractivity contribution < 1.29 is 9.53 Å². The molecule has 0 spiro atoms. The number of ether oxygens (including phenoxy) is 1. The fourth-order valence-electron chi connectivity index (χ4n) is 1.84. The Morgan fingerprint density at radius 3 is 2.44 bits per heavy atom. The van der Waals surface area contributed by atoms with Gasteiger partial charge in [-0.05, 0) is 12.1 Å². The third-order valence-electron chi connectivity index (χ3n) is 2.90. The summed E-state index contributed by atoms with van der Waals surface area (Å²) in [5, 5.41) is 2.87. The molecule has 0 aliphatic heterocycles. The van der Waals surface area contributed by atoms with Crippen LogP contribution >= 0.6 is 0 Å². The Bertz CT molecular complexity index is 390. The zero-order valence-electron chi connectivity index (χ0n) is 9.27. The average Bonchev–Trinajstić information content (AvgIpc) is 2.80. The number of carbonyl (C=O) groups excluding carboxylic acids is 1. The van der Waals surface area contributed by atoms with Crippen molar-refractivity contribution in [1.29, 1.82) is 0 Å². The number of anilines is 1. The first-order valence-electron chi connectivity index (χ1n) is 5.33. The van der Waals surface area contributed by atoms with Crippen molar-refractivity contribution in [3.05, 3.63) is 42.5 Å². The molecule has 0 unspecified atom stereocenters. The Balaban J connectivity index is 2.08. The van der Waals surface area contributed by atoms with Gasteiger partial charge >= 0.3 is 0 Å². The highest BCUT2D eigenvalue weighted by atomic mass is 16.5. The number of methoxy groups -OCH3 is 1. The van der Waals surface area contributed by atoms with E-state index in [1.54, 1.807) is 7.11 Å². The second-order valence-corrected chi connectivity index (χ2v) is 3.90. The van der Waals surface area contributed by atoms with Gasteiger partial charge in [-0.3, -0.25) is 4.79 Å². The average molecular weight is 217 g/mol. The summed E-state index contributed by atoms with van der Waals surface area (Å²) < 4.78 is 5.36. The van der Waals surface area contributed by atoms with Crippen LogP contribution in [-0.4, -0.2) is 18.6 Å². The van der Waals surface area contributed by atoms with E-state index in [4.69, 9.17) is 4.74 Å². The van der Waals surface area contributed by atoms with Crippen molar-refractivity contribution in [1.82, 2.24) is 0 Å². The summed E-state index contributed by atoms with van der Waals surface area (Å²) in [5.41, 5.74) is 0.0892. The molecule has 1 N–H and O–H groups in total. The van der Waals surface area contributed by atoms with Crippen LogP contribution in [0.15, 0.2) is 42.5 Å². The second kappa shape index (κ2) is 4.49.